The van der Waals surface area contributed by atoms with Crippen molar-refractivity contribution < 1.29 is 9.59 Å². The molecule has 1 aliphatic carbocycles. The average molecular weight is 458 g/mol. The molecule has 0 radical (unpaired) electrons. The number of aromatic amines is 1. The number of nitrogens with zero attached hydrogens (tertiary/aromatic N) is 4. The van der Waals surface area contributed by atoms with Crippen LogP contribution in [0.1, 0.15) is 50.9 Å². The van der Waals surface area contributed by atoms with Crippen LogP contribution >= 0.6 is 0 Å². The normalized spacial score (nSPS) is 18.0. The van der Waals surface area contributed by atoms with Gasteiger partial charge in [0, 0.05) is 55.4 Å². The van der Waals surface area contributed by atoms with Gasteiger partial charge in [0.25, 0.3) is 11.8 Å². The Morgan fingerprint density at radius 1 is 1.15 bits per heavy atom. The van der Waals surface area contributed by atoms with Crippen LogP contribution in [0.15, 0.2) is 35.4 Å². The molecule has 1 fully saturated rings. The molecule has 0 saturated carbocycles. The van der Waals surface area contributed by atoms with E-state index in [4.69, 9.17) is 0 Å². The highest BCUT2D eigenvalue weighted by Gasteiger charge is 2.35. The van der Waals surface area contributed by atoms with Gasteiger partial charge in [-0.1, -0.05) is 24.6 Å². The Kier molecular flexibility index (Phi) is 6.18. The predicted molar refractivity (Wildman–Crippen MR) is 131 cm³/mol. The zero-order chi connectivity index (χ0) is 24.7. The van der Waals surface area contributed by atoms with Crippen molar-refractivity contribution in [1.29, 1.82) is 5.26 Å². The number of carbonyl (C=O) groups is 2. The van der Waals surface area contributed by atoms with Crippen LogP contribution in [0.4, 0.5) is 0 Å². The fourth-order valence-electron chi connectivity index (χ4n) is 4.82. The van der Waals surface area contributed by atoms with E-state index in [1.807, 2.05) is 43.9 Å². The summed E-state index contributed by atoms with van der Waals surface area (Å²) in [6.45, 7) is 9.31. The Hall–Kier alpha value is -3.66. The highest BCUT2D eigenvalue weighted by atomic mass is 16.2. The molecule has 1 unspecified atom stereocenters. The molecule has 1 aromatic carbocycles. The first kappa shape index (κ1) is 23.5. The van der Waals surface area contributed by atoms with Gasteiger partial charge >= 0.3 is 0 Å². The largest absolute Gasteiger partial charge is 0.343 e. The first-order valence-corrected chi connectivity index (χ1v) is 11.6. The molecule has 1 aliphatic heterocycles. The number of H-pyrrole nitrogens is 1. The van der Waals surface area contributed by atoms with Crippen LogP contribution in [-0.4, -0.2) is 59.0 Å². The Bertz CT molecular complexity index is 1270. The van der Waals surface area contributed by atoms with Crippen molar-refractivity contribution in [3.63, 3.8) is 0 Å². The number of nitrogens with one attached hydrogen (secondary N) is 1. The Balaban J connectivity index is 1.56. The maximum atomic E-state index is 13.4. The van der Waals surface area contributed by atoms with Crippen molar-refractivity contribution in [2.45, 2.75) is 34.1 Å². The molecule has 34 heavy (non-hydrogen) atoms. The second kappa shape index (κ2) is 8.94. The predicted octanol–water partition coefficient (Wildman–Crippen LogP) is 4.19. The summed E-state index contributed by atoms with van der Waals surface area (Å²) >= 11 is 0. The number of amides is 2. The lowest BCUT2D eigenvalue weighted by molar-refractivity contribution is 0.0547. The number of benzene rings is 1. The highest BCUT2D eigenvalue weighted by molar-refractivity contribution is 5.99. The SMILES string of the molecule is Cc1cc(C)c(-c2[nH]nc(C(=O)N(C)C)c2C)cc1C(=O)N1CC(C2=CC=C(C#N)C(C)C2)C1. The lowest BCUT2D eigenvalue weighted by Gasteiger charge is -2.42. The zero-order valence-electron chi connectivity index (χ0n) is 20.7. The van der Waals surface area contributed by atoms with Gasteiger partial charge in [-0.15, -0.1) is 0 Å². The summed E-state index contributed by atoms with van der Waals surface area (Å²) in [5, 5.41) is 16.5. The fraction of sp³-hybridized carbons (Fsp3) is 0.407. The zero-order valence-corrected chi connectivity index (χ0v) is 20.7. The van der Waals surface area contributed by atoms with E-state index in [9.17, 15) is 14.9 Å². The molecule has 7 nitrogen and oxygen atoms in total. The minimum absolute atomic E-state index is 0.0227. The van der Waals surface area contributed by atoms with E-state index in [2.05, 4.69) is 29.3 Å². The average Bonchev–Trinajstić information content (AvgIpc) is 3.13. The summed E-state index contributed by atoms with van der Waals surface area (Å²) in [7, 11) is 3.40. The lowest BCUT2D eigenvalue weighted by Crippen LogP contribution is -2.51. The van der Waals surface area contributed by atoms with Crippen LogP contribution in [-0.2, 0) is 0 Å². The van der Waals surface area contributed by atoms with Crippen molar-refractivity contribution in [1.82, 2.24) is 20.0 Å². The van der Waals surface area contributed by atoms with Gasteiger partial charge in [-0.2, -0.15) is 10.4 Å². The minimum atomic E-state index is -0.157. The number of carbonyl (C=O) groups excluding carboxylic acids is 2. The monoisotopic (exact) mass is 457 g/mol. The molecule has 1 N–H and O–H groups in total. The molecule has 0 bridgehead atoms. The molecule has 2 heterocycles. The van der Waals surface area contributed by atoms with Gasteiger partial charge in [-0.3, -0.25) is 14.7 Å². The van der Waals surface area contributed by atoms with Crippen molar-refractivity contribution >= 4 is 11.8 Å². The second-order valence-corrected chi connectivity index (χ2v) is 9.74. The molecule has 2 amide bonds. The topological polar surface area (TPSA) is 93.1 Å². The quantitative estimate of drug-likeness (QED) is 0.745. The number of aromatic nitrogens is 2. The van der Waals surface area contributed by atoms with Gasteiger partial charge in [-0.05, 0) is 56.4 Å². The number of likely N-dealkylation sites (tertiary alicyclic amines) is 1. The highest BCUT2D eigenvalue weighted by Crippen LogP contribution is 2.35. The molecule has 2 aromatic rings. The molecule has 1 atom stereocenters. The molecule has 176 valence electrons. The molecule has 4 rings (SSSR count). The van der Waals surface area contributed by atoms with Gasteiger partial charge in [0.15, 0.2) is 5.69 Å². The molecule has 7 heteroatoms. The van der Waals surface area contributed by atoms with Crippen molar-refractivity contribution in [3.05, 3.63) is 63.4 Å². The molecular weight excluding hydrogens is 426 g/mol. The van der Waals surface area contributed by atoms with E-state index < -0.39 is 0 Å². The van der Waals surface area contributed by atoms with Gasteiger partial charge in [0.1, 0.15) is 0 Å². The summed E-state index contributed by atoms with van der Waals surface area (Å²) in [6.07, 6.45) is 4.87. The summed E-state index contributed by atoms with van der Waals surface area (Å²) in [4.78, 5) is 29.2. The standard InChI is InChI=1S/C27H31N5O2/c1-15-10-19(7-8-20(15)12-28)21-13-32(14-21)26(33)23-11-22(16(2)9-17(23)3)24-18(4)25(30-29-24)27(34)31(5)6/h7-9,11,15,21H,10,13-14H2,1-6H3,(H,29,30). The summed E-state index contributed by atoms with van der Waals surface area (Å²) < 4.78 is 0. The second-order valence-electron chi connectivity index (χ2n) is 9.74. The molecule has 1 saturated heterocycles. The molecule has 1 aromatic heterocycles. The van der Waals surface area contributed by atoms with Gasteiger partial charge in [-0.25, -0.2) is 0 Å². The number of allylic oxidation sites excluding steroid dienone is 3. The third-order valence-corrected chi connectivity index (χ3v) is 7.06. The van der Waals surface area contributed by atoms with E-state index in [-0.39, 0.29) is 17.7 Å². The van der Waals surface area contributed by atoms with Gasteiger partial charge in [0.2, 0.25) is 0 Å². The maximum absolute atomic E-state index is 13.4. The van der Waals surface area contributed by atoms with Gasteiger partial charge in [0.05, 0.1) is 11.8 Å². The smallest absolute Gasteiger partial charge is 0.274 e. The molecule has 0 spiro atoms. The van der Waals surface area contributed by atoms with Crippen molar-refractivity contribution in [2.24, 2.45) is 11.8 Å². The van der Waals surface area contributed by atoms with Gasteiger partial charge < -0.3 is 9.80 Å². The summed E-state index contributed by atoms with van der Waals surface area (Å²) in [6, 6.07) is 6.21. The van der Waals surface area contributed by atoms with E-state index in [0.29, 0.717) is 30.3 Å². The van der Waals surface area contributed by atoms with Crippen LogP contribution in [0.2, 0.25) is 0 Å². The van der Waals surface area contributed by atoms with E-state index in [1.165, 1.54) is 10.5 Å². The molecular formula is C27H31N5O2. The van der Waals surface area contributed by atoms with E-state index >= 15 is 0 Å². The number of nitriles is 1. The van der Waals surface area contributed by atoms with Crippen LogP contribution in [0.25, 0.3) is 11.3 Å². The first-order chi connectivity index (χ1) is 16.1. The van der Waals surface area contributed by atoms with Crippen LogP contribution < -0.4 is 0 Å². The number of hydrogen-bond acceptors (Lipinski definition) is 4. The van der Waals surface area contributed by atoms with Crippen molar-refractivity contribution in [3.8, 4) is 17.3 Å². The summed E-state index contributed by atoms with van der Waals surface area (Å²) in [5.74, 6) is 0.450. The lowest BCUT2D eigenvalue weighted by atomic mass is 9.80. The van der Waals surface area contributed by atoms with Crippen molar-refractivity contribution in [2.75, 3.05) is 27.2 Å². The first-order valence-electron chi connectivity index (χ1n) is 11.6. The Labute approximate surface area is 200 Å². The number of aryl methyl sites for hydroxylation is 2. The third kappa shape index (κ3) is 4.05. The van der Waals surface area contributed by atoms with E-state index in [1.54, 1.807) is 14.1 Å². The van der Waals surface area contributed by atoms with Crippen LogP contribution in [0.3, 0.4) is 0 Å². The number of hydrogen-bond donors (Lipinski definition) is 1. The maximum Gasteiger partial charge on any atom is 0.274 e. The minimum Gasteiger partial charge on any atom is -0.343 e. The third-order valence-electron chi connectivity index (χ3n) is 7.06. The Morgan fingerprint density at radius 2 is 1.85 bits per heavy atom. The summed E-state index contributed by atoms with van der Waals surface area (Å²) in [5.41, 5.74) is 7.58. The Morgan fingerprint density at radius 3 is 2.47 bits per heavy atom. The van der Waals surface area contributed by atoms with Crippen LogP contribution in [0, 0.1) is 43.9 Å². The fourth-order valence-corrected chi connectivity index (χ4v) is 4.82. The number of rotatable bonds is 4. The van der Waals surface area contributed by atoms with E-state index in [0.717, 1.165) is 39.9 Å². The van der Waals surface area contributed by atoms with Crippen LogP contribution in [0.5, 0.6) is 0 Å². The molecule has 2 aliphatic rings.